The van der Waals surface area contributed by atoms with Crippen LogP contribution in [0.5, 0.6) is 5.75 Å². The summed E-state index contributed by atoms with van der Waals surface area (Å²) in [6, 6.07) is 11.5. The molecule has 0 bridgehead atoms. The number of aromatic hydroxyl groups is 1. The van der Waals surface area contributed by atoms with Crippen LogP contribution in [0.4, 0.5) is 0 Å². The molecule has 20 heavy (non-hydrogen) atoms. The van der Waals surface area contributed by atoms with Crippen LogP contribution in [0.25, 0.3) is 0 Å². The third-order valence-electron chi connectivity index (χ3n) is 3.42. The molecule has 0 unspecified atom stereocenters. The summed E-state index contributed by atoms with van der Waals surface area (Å²) in [6.45, 7) is 4.75. The maximum atomic E-state index is 9.91. The molecule has 0 amide bonds. The van der Waals surface area contributed by atoms with Gasteiger partial charge in [-0.2, -0.15) is 0 Å². The third-order valence-corrected chi connectivity index (χ3v) is 3.42. The van der Waals surface area contributed by atoms with E-state index < -0.39 is 0 Å². The van der Waals surface area contributed by atoms with Crippen molar-refractivity contribution in [3.05, 3.63) is 54.0 Å². The fraction of sp³-hybridized carbons (Fsp3) is 0.412. The Labute approximate surface area is 120 Å². The number of unbranched alkanes of at least 4 members (excludes halogenated alkanes) is 2. The normalized spacial score (nSPS) is 11.1. The van der Waals surface area contributed by atoms with Crippen molar-refractivity contribution in [3.63, 3.8) is 0 Å². The number of hydrogen-bond acceptors (Lipinski definition) is 3. The molecule has 1 aromatic carbocycles. The van der Waals surface area contributed by atoms with Crippen molar-refractivity contribution in [3.8, 4) is 5.75 Å². The highest BCUT2D eigenvalue weighted by Crippen LogP contribution is 2.19. The lowest BCUT2D eigenvalue weighted by atomic mass is 10.1. The van der Waals surface area contributed by atoms with Gasteiger partial charge in [-0.05, 0) is 31.2 Å². The lowest BCUT2D eigenvalue weighted by molar-refractivity contribution is 0.228. The van der Waals surface area contributed by atoms with E-state index in [0.717, 1.165) is 31.0 Å². The Kier molecular flexibility index (Phi) is 5.69. The van der Waals surface area contributed by atoms with Gasteiger partial charge >= 0.3 is 0 Å². The van der Waals surface area contributed by atoms with Crippen molar-refractivity contribution >= 4 is 0 Å². The standard InChI is InChI=1S/C17H23NO2/c1-2-3-6-11-18(14-16-9-7-12-20-16)13-15-8-4-5-10-17(15)19/h4-5,7-10,12,19H,2-3,6,11,13-14H2,1H3. The molecule has 0 aliphatic carbocycles. The topological polar surface area (TPSA) is 36.6 Å². The number of phenolic OH excluding ortho intramolecular Hbond substituents is 1. The number of furan rings is 1. The minimum Gasteiger partial charge on any atom is -0.508 e. The van der Waals surface area contributed by atoms with E-state index in [1.165, 1.54) is 19.3 Å². The first kappa shape index (κ1) is 14.7. The average molecular weight is 273 g/mol. The van der Waals surface area contributed by atoms with E-state index >= 15 is 0 Å². The van der Waals surface area contributed by atoms with Crippen LogP contribution in [-0.4, -0.2) is 16.6 Å². The molecule has 2 aromatic rings. The molecule has 0 saturated heterocycles. The lowest BCUT2D eigenvalue weighted by Crippen LogP contribution is -2.23. The van der Waals surface area contributed by atoms with Crippen LogP contribution in [0.15, 0.2) is 47.1 Å². The van der Waals surface area contributed by atoms with E-state index in [4.69, 9.17) is 4.42 Å². The molecule has 3 nitrogen and oxygen atoms in total. The molecule has 1 heterocycles. The van der Waals surface area contributed by atoms with Gasteiger partial charge in [0.2, 0.25) is 0 Å². The quantitative estimate of drug-likeness (QED) is 0.733. The third kappa shape index (κ3) is 4.42. The summed E-state index contributed by atoms with van der Waals surface area (Å²) in [6.07, 6.45) is 5.32. The number of rotatable bonds is 8. The Morgan fingerprint density at radius 3 is 2.60 bits per heavy atom. The molecule has 3 heteroatoms. The predicted molar refractivity (Wildman–Crippen MR) is 80.5 cm³/mol. The van der Waals surface area contributed by atoms with Crippen LogP contribution >= 0.6 is 0 Å². The van der Waals surface area contributed by atoms with Crippen LogP contribution in [0.1, 0.15) is 37.5 Å². The van der Waals surface area contributed by atoms with Crippen molar-refractivity contribution in [2.75, 3.05) is 6.54 Å². The Morgan fingerprint density at radius 1 is 1.05 bits per heavy atom. The van der Waals surface area contributed by atoms with E-state index in [1.807, 2.05) is 30.3 Å². The first-order valence-electron chi connectivity index (χ1n) is 7.31. The molecule has 0 spiro atoms. The average Bonchev–Trinajstić information content (AvgIpc) is 2.94. The molecule has 0 saturated carbocycles. The molecule has 108 valence electrons. The van der Waals surface area contributed by atoms with Gasteiger partial charge in [0, 0.05) is 12.1 Å². The summed E-state index contributed by atoms with van der Waals surface area (Å²) < 4.78 is 5.43. The molecule has 1 aromatic heterocycles. The summed E-state index contributed by atoms with van der Waals surface area (Å²) in [7, 11) is 0. The first-order chi connectivity index (χ1) is 9.79. The van der Waals surface area contributed by atoms with Crippen molar-refractivity contribution in [1.82, 2.24) is 4.90 Å². The molecule has 1 N–H and O–H groups in total. The maximum Gasteiger partial charge on any atom is 0.120 e. The summed E-state index contributed by atoms with van der Waals surface area (Å²) in [5, 5.41) is 9.91. The molecular formula is C17H23NO2. The van der Waals surface area contributed by atoms with Gasteiger partial charge in [-0.3, -0.25) is 4.90 Å². The molecule has 0 aliphatic heterocycles. The SMILES string of the molecule is CCCCCN(Cc1ccco1)Cc1ccccc1O. The van der Waals surface area contributed by atoms with Gasteiger partial charge < -0.3 is 9.52 Å². The zero-order chi connectivity index (χ0) is 14.2. The zero-order valence-electron chi connectivity index (χ0n) is 12.1. The summed E-state index contributed by atoms with van der Waals surface area (Å²) >= 11 is 0. The first-order valence-corrected chi connectivity index (χ1v) is 7.31. The van der Waals surface area contributed by atoms with E-state index in [0.29, 0.717) is 5.75 Å². The predicted octanol–water partition coefficient (Wildman–Crippen LogP) is 4.18. The number of phenols is 1. The Bertz CT molecular complexity index is 493. The highest BCUT2D eigenvalue weighted by molar-refractivity contribution is 5.31. The van der Waals surface area contributed by atoms with Gasteiger partial charge in [-0.15, -0.1) is 0 Å². The van der Waals surface area contributed by atoms with Gasteiger partial charge in [-0.25, -0.2) is 0 Å². The minimum atomic E-state index is 0.368. The Hall–Kier alpha value is -1.74. The van der Waals surface area contributed by atoms with E-state index in [-0.39, 0.29) is 0 Å². The summed E-state index contributed by atoms with van der Waals surface area (Å²) in [5.74, 6) is 1.34. The second-order valence-electron chi connectivity index (χ2n) is 5.13. The van der Waals surface area contributed by atoms with E-state index in [2.05, 4.69) is 11.8 Å². The van der Waals surface area contributed by atoms with Crippen molar-refractivity contribution in [1.29, 1.82) is 0 Å². The Balaban J connectivity index is 1.99. The lowest BCUT2D eigenvalue weighted by Gasteiger charge is -2.21. The van der Waals surface area contributed by atoms with Crippen LogP contribution in [0, 0.1) is 0 Å². The van der Waals surface area contributed by atoms with E-state index in [1.54, 1.807) is 12.3 Å². The molecule has 0 aliphatic rings. The smallest absolute Gasteiger partial charge is 0.120 e. The number of benzene rings is 1. The van der Waals surface area contributed by atoms with Gasteiger partial charge in [0.15, 0.2) is 0 Å². The second-order valence-corrected chi connectivity index (χ2v) is 5.13. The fourth-order valence-corrected chi connectivity index (χ4v) is 2.31. The molecule has 0 fully saturated rings. The van der Waals surface area contributed by atoms with E-state index in [9.17, 15) is 5.11 Å². The zero-order valence-corrected chi connectivity index (χ0v) is 12.1. The van der Waals surface area contributed by atoms with Gasteiger partial charge in [0.1, 0.15) is 11.5 Å². The fourth-order valence-electron chi connectivity index (χ4n) is 2.31. The monoisotopic (exact) mass is 273 g/mol. The van der Waals surface area contributed by atoms with Gasteiger partial charge in [0.05, 0.1) is 12.8 Å². The van der Waals surface area contributed by atoms with Crippen LogP contribution in [0.3, 0.4) is 0 Å². The van der Waals surface area contributed by atoms with Crippen LogP contribution in [-0.2, 0) is 13.1 Å². The van der Waals surface area contributed by atoms with Gasteiger partial charge in [0.25, 0.3) is 0 Å². The summed E-state index contributed by atoms with van der Waals surface area (Å²) in [5.41, 5.74) is 0.968. The van der Waals surface area contributed by atoms with Crippen molar-refractivity contribution in [2.24, 2.45) is 0 Å². The molecule has 0 radical (unpaired) electrons. The number of hydrogen-bond donors (Lipinski definition) is 1. The van der Waals surface area contributed by atoms with Crippen LogP contribution in [0.2, 0.25) is 0 Å². The maximum absolute atomic E-state index is 9.91. The highest BCUT2D eigenvalue weighted by Gasteiger charge is 2.10. The highest BCUT2D eigenvalue weighted by atomic mass is 16.3. The molecular weight excluding hydrogens is 250 g/mol. The molecule has 2 rings (SSSR count). The Morgan fingerprint density at radius 2 is 1.90 bits per heavy atom. The second kappa shape index (κ2) is 7.75. The number of nitrogens with zero attached hydrogens (tertiary/aromatic N) is 1. The molecule has 0 atom stereocenters. The van der Waals surface area contributed by atoms with Crippen molar-refractivity contribution in [2.45, 2.75) is 39.3 Å². The van der Waals surface area contributed by atoms with Gasteiger partial charge in [-0.1, -0.05) is 38.0 Å². The number of para-hydroxylation sites is 1. The summed E-state index contributed by atoms with van der Waals surface area (Å²) in [4.78, 5) is 2.32. The minimum absolute atomic E-state index is 0.368. The van der Waals surface area contributed by atoms with Crippen molar-refractivity contribution < 1.29 is 9.52 Å². The van der Waals surface area contributed by atoms with Crippen LogP contribution < -0.4 is 0 Å². The largest absolute Gasteiger partial charge is 0.508 e.